The molecule has 108 valence electrons. The van der Waals surface area contributed by atoms with Gasteiger partial charge in [-0.05, 0) is 40.2 Å². The zero-order valence-electron chi connectivity index (χ0n) is 10.2. The van der Waals surface area contributed by atoms with Gasteiger partial charge in [-0.3, -0.25) is 10.1 Å². The number of nitro groups is 1. The summed E-state index contributed by atoms with van der Waals surface area (Å²) in [6, 6.07) is 8.32. The van der Waals surface area contributed by atoms with Crippen molar-refractivity contribution in [1.82, 2.24) is 0 Å². The van der Waals surface area contributed by atoms with Crippen molar-refractivity contribution in [3.63, 3.8) is 0 Å². The smallest absolute Gasteiger partial charge is 0.342 e. The van der Waals surface area contributed by atoms with Crippen LogP contribution in [0.2, 0.25) is 5.02 Å². The topological polar surface area (TPSA) is 89.7 Å². The molecule has 0 radical (unpaired) electrons. The van der Waals surface area contributed by atoms with Gasteiger partial charge in [0, 0.05) is 17.2 Å². The number of carboxylic acid groups (broad SMARTS) is 1. The Kier molecular flexibility index (Phi) is 4.44. The van der Waals surface area contributed by atoms with Crippen LogP contribution in [0.1, 0.15) is 10.4 Å². The standard InChI is InChI=1S/C13H7BrClNO5/c14-10-5-7(15)1-4-12(10)21-8-2-3-11(16(19)20)9(6-8)13(17)18/h1-6H,(H,17,18). The molecule has 0 bridgehead atoms. The van der Waals surface area contributed by atoms with E-state index in [0.29, 0.717) is 15.2 Å². The normalized spacial score (nSPS) is 10.2. The fourth-order valence-corrected chi connectivity index (χ4v) is 2.36. The fourth-order valence-electron chi connectivity index (χ4n) is 1.59. The van der Waals surface area contributed by atoms with E-state index in [4.69, 9.17) is 21.4 Å². The third-order valence-corrected chi connectivity index (χ3v) is 3.37. The number of nitro benzene ring substituents is 1. The highest BCUT2D eigenvalue weighted by atomic mass is 79.9. The number of nitrogens with zero attached hydrogens (tertiary/aromatic N) is 1. The summed E-state index contributed by atoms with van der Waals surface area (Å²) in [6.45, 7) is 0. The van der Waals surface area contributed by atoms with Crippen LogP contribution in [0.15, 0.2) is 40.9 Å². The van der Waals surface area contributed by atoms with E-state index in [1.807, 2.05) is 0 Å². The molecule has 0 amide bonds. The number of halogens is 2. The zero-order chi connectivity index (χ0) is 15.6. The Bertz CT molecular complexity index is 734. The molecule has 0 fully saturated rings. The van der Waals surface area contributed by atoms with Gasteiger partial charge in [0.05, 0.1) is 9.40 Å². The quantitative estimate of drug-likeness (QED) is 0.630. The number of carbonyl (C=O) groups is 1. The number of aromatic carboxylic acids is 1. The maximum atomic E-state index is 11.1. The maximum absolute atomic E-state index is 11.1. The molecule has 0 aliphatic heterocycles. The van der Waals surface area contributed by atoms with Gasteiger partial charge in [-0.1, -0.05) is 11.6 Å². The summed E-state index contributed by atoms with van der Waals surface area (Å²) < 4.78 is 6.07. The summed E-state index contributed by atoms with van der Waals surface area (Å²) in [5, 5.41) is 20.3. The van der Waals surface area contributed by atoms with Gasteiger partial charge in [0.2, 0.25) is 0 Å². The monoisotopic (exact) mass is 371 g/mol. The summed E-state index contributed by atoms with van der Waals surface area (Å²) in [6.07, 6.45) is 0. The number of rotatable bonds is 4. The van der Waals surface area contributed by atoms with Crippen LogP contribution >= 0.6 is 27.5 Å². The lowest BCUT2D eigenvalue weighted by Crippen LogP contribution is -2.02. The molecule has 2 aromatic rings. The van der Waals surface area contributed by atoms with Crippen molar-refractivity contribution in [2.24, 2.45) is 0 Å². The second kappa shape index (κ2) is 6.11. The van der Waals surface area contributed by atoms with Crippen molar-refractivity contribution in [2.75, 3.05) is 0 Å². The highest BCUT2D eigenvalue weighted by Gasteiger charge is 2.20. The molecule has 8 heteroatoms. The molecule has 0 unspecified atom stereocenters. The van der Waals surface area contributed by atoms with Gasteiger partial charge in [-0.25, -0.2) is 4.79 Å². The lowest BCUT2D eigenvalue weighted by Gasteiger charge is -2.08. The van der Waals surface area contributed by atoms with Gasteiger partial charge in [0.1, 0.15) is 17.1 Å². The third-order valence-electron chi connectivity index (χ3n) is 2.52. The summed E-state index contributed by atoms with van der Waals surface area (Å²) in [7, 11) is 0. The van der Waals surface area contributed by atoms with Gasteiger partial charge < -0.3 is 9.84 Å². The lowest BCUT2D eigenvalue weighted by atomic mass is 10.1. The van der Waals surface area contributed by atoms with E-state index in [-0.39, 0.29) is 5.75 Å². The Hall–Kier alpha value is -2.12. The van der Waals surface area contributed by atoms with Crippen LogP contribution < -0.4 is 4.74 Å². The largest absolute Gasteiger partial charge is 0.477 e. The molecular weight excluding hydrogens is 366 g/mol. The van der Waals surface area contributed by atoms with E-state index in [2.05, 4.69) is 15.9 Å². The number of benzene rings is 2. The van der Waals surface area contributed by atoms with E-state index < -0.39 is 22.1 Å². The van der Waals surface area contributed by atoms with Crippen LogP contribution in [0.3, 0.4) is 0 Å². The Balaban J connectivity index is 2.39. The Labute approximate surface area is 132 Å². The van der Waals surface area contributed by atoms with Crippen LogP contribution in [0.5, 0.6) is 11.5 Å². The number of ether oxygens (including phenoxy) is 1. The summed E-state index contributed by atoms with van der Waals surface area (Å²) in [4.78, 5) is 21.1. The van der Waals surface area contributed by atoms with Crippen LogP contribution in [-0.2, 0) is 0 Å². The highest BCUT2D eigenvalue weighted by Crippen LogP contribution is 2.33. The molecule has 0 heterocycles. The number of hydrogen-bond donors (Lipinski definition) is 1. The summed E-state index contributed by atoms with van der Waals surface area (Å²) in [5.41, 5.74) is -0.937. The Morgan fingerprint density at radius 3 is 2.57 bits per heavy atom. The van der Waals surface area contributed by atoms with E-state index >= 15 is 0 Å². The lowest BCUT2D eigenvalue weighted by molar-refractivity contribution is -0.385. The third kappa shape index (κ3) is 3.50. The molecule has 2 aromatic carbocycles. The highest BCUT2D eigenvalue weighted by molar-refractivity contribution is 9.10. The molecule has 0 saturated carbocycles. The van der Waals surface area contributed by atoms with Crippen molar-refractivity contribution in [1.29, 1.82) is 0 Å². The van der Waals surface area contributed by atoms with Crippen LogP contribution in [-0.4, -0.2) is 16.0 Å². The van der Waals surface area contributed by atoms with Crippen molar-refractivity contribution in [3.05, 3.63) is 61.6 Å². The molecule has 2 rings (SSSR count). The van der Waals surface area contributed by atoms with E-state index in [1.54, 1.807) is 18.2 Å². The maximum Gasteiger partial charge on any atom is 0.342 e. The summed E-state index contributed by atoms with van der Waals surface area (Å²) in [5.74, 6) is -0.826. The van der Waals surface area contributed by atoms with Crippen LogP contribution in [0.4, 0.5) is 5.69 Å². The van der Waals surface area contributed by atoms with Gasteiger partial charge in [0.15, 0.2) is 0 Å². The SMILES string of the molecule is O=C(O)c1cc(Oc2ccc(Cl)cc2Br)ccc1[N+](=O)[O-]. The van der Waals surface area contributed by atoms with Gasteiger partial charge in [-0.2, -0.15) is 0 Å². The summed E-state index contributed by atoms with van der Waals surface area (Å²) >= 11 is 9.06. The van der Waals surface area contributed by atoms with Crippen molar-refractivity contribution in [2.45, 2.75) is 0 Å². The Morgan fingerprint density at radius 1 is 1.29 bits per heavy atom. The van der Waals surface area contributed by atoms with Gasteiger partial charge >= 0.3 is 5.97 Å². The predicted molar refractivity (Wildman–Crippen MR) is 79.3 cm³/mol. The number of hydrogen-bond acceptors (Lipinski definition) is 4. The molecule has 0 saturated heterocycles. The molecule has 0 atom stereocenters. The van der Waals surface area contributed by atoms with E-state index in [1.165, 1.54) is 6.07 Å². The molecule has 21 heavy (non-hydrogen) atoms. The van der Waals surface area contributed by atoms with Crippen LogP contribution in [0, 0.1) is 10.1 Å². The molecule has 0 aromatic heterocycles. The fraction of sp³-hybridized carbons (Fsp3) is 0. The van der Waals surface area contributed by atoms with Crippen molar-refractivity contribution >= 4 is 39.2 Å². The molecule has 6 nitrogen and oxygen atoms in total. The zero-order valence-corrected chi connectivity index (χ0v) is 12.6. The van der Waals surface area contributed by atoms with Crippen molar-refractivity contribution in [3.8, 4) is 11.5 Å². The molecule has 0 aliphatic rings. The first kappa shape index (κ1) is 15.3. The molecule has 1 N–H and O–H groups in total. The molecule has 0 aliphatic carbocycles. The molecule has 0 spiro atoms. The average molecular weight is 373 g/mol. The van der Waals surface area contributed by atoms with E-state index in [9.17, 15) is 14.9 Å². The Morgan fingerprint density at radius 2 is 2.00 bits per heavy atom. The minimum Gasteiger partial charge on any atom is -0.477 e. The first-order valence-corrected chi connectivity index (χ1v) is 6.70. The van der Waals surface area contributed by atoms with Crippen LogP contribution in [0.25, 0.3) is 0 Å². The molecular formula is C13H7BrClNO5. The minimum atomic E-state index is -1.40. The van der Waals surface area contributed by atoms with Gasteiger partial charge in [-0.15, -0.1) is 0 Å². The average Bonchev–Trinajstić information content (AvgIpc) is 2.41. The first-order valence-electron chi connectivity index (χ1n) is 5.53. The minimum absolute atomic E-state index is 0.168. The second-order valence-electron chi connectivity index (χ2n) is 3.92. The van der Waals surface area contributed by atoms with Crippen molar-refractivity contribution < 1.29 is 19.6 Å². The second-order valence-corrected chi connectivity index (χ2v) is 5.21. The van der Waals surface area contributed by atoms with E-state index in [0.717, 1.165) is 12.1 Å². The predicted octanol–water partition coefficient (Wildman–Crippen LogP) is 4.50. The first-order chi connectivity index (χ1) is 9.88. The van der Waals surface area contributed by atoms with Gasteiger partial charge in [0.25, 0.3) is 5.69 Å². The number of carboxylic acids is 1.